The fourth-order valence-corrected chi connectivity index (χ4v) is 7.39. The summed E-state index contributed by atoms with van der Waals surface area (Å²) in [6.07, 6.45) is 9.07. The molecule has 1 amide bonds. The largest absolute Gasteiger partial charge is 0.493 e. The number of benzene rings is 3. The maximum atomic E-state index is 14.9. The molecular weight excluding hydrogens is 694 g/mol. The van der Waals surface area contributed by atoms with Crippen molar-refractivity contribution < 1.29 is 52.6 Å². The number of piperidine rings is 1. The van der Waals surface area contributed by atoms with Crippen LogP contribution in [0.5, 0.6) is 34.5 Å². The van der Waals surface area contributed by atoms with Crippen LogP contribution in [0.15, 0.2) is 66.7 Å². The number of hydrogen-bond acceptors (Lipinski definition) is 10. The van der Waals surface area contributed by atoms with E-state index in [1.807, 2.05) is 36.4 Å². The van der Waals surface area contributed by atoms with Crippen LogP contribution in [-0.4, -0.2) is 82.6 Å². The van der Waals surface area contributed by atoms with Gasteiger partial charge < -0.3 is 43.2 Å². The molecule has 1 aliphatic carbocycles. The molecular formula is C42H51NO11. The number of carbonyl (C=O) groups excluding carboxylic acids is 2. The van der Waals surface area contributed by atoms with Crippen molar-refractivity contribution in [3.05, 3.63) is 83.4 Å². The van der Waals surface area contributed by atoms with Crippen molar-refractivity contribution in [1.82, 2.24) is 4.90 Å². The molecule has 1 saturated heterocycles. The summed E-state index contributed by atoms with van der Waals surface area (Å²) < 4.78 is 39.6. The molecule has 0 radical (unpaired) electrons. The topological polar surface area (TPSA) is 139 Å². The van der Waals surface area contributed by atoms with Gasteiger partial charge in [0, 0.05) is 6.54 Å². The van der Waals surface area contributed by atoms with Crippen molar-refractivity contribution in [3.63, 3.8) is 0 Å². The summed E-state index contributed by atoms with van der Waals surface area (Å²) in [6, 6.07) is 15.4. The summed E-state index contributed by atoms with van der Waals surface area (Å²) in [6.45, 7) is -0.104. The first kappa shape index (κ1) is 39.8. The average molecular weight is 746 g/mol. The molecule has 54 heavy (non-hydrogen) atoms. The first-order valence-electron chi connectivity index (χ1n) is 18.3. The molecule has 0 aromatic heterocycles. The number of aliphatic carboxylic acids is 1. The third-order valence-corrected chi connectivity index (χ3v) is 10.1. The van der Waals surface area contributed by atoms with Gasteiger partial charge in [0.15, 0.2) is 29.6 Å². The van der Waals surface area contributed by atoms with E-state index in [4.69, 9.17) is 33.2 Å². The predicted octanol–water partition coefficient (Wildman–Crippen LogP) is 6.93. The Kier molecular flexibility index (Phi) is 14.1. The Morgan fingerprint density at radius 3 is 2.19 bits per heavy atom. The van der Waals surface area contributed by atoms with Crippen molar-refractivity contribution in [2.75, 3.05) is 48.7 Å². The van der Waals surface area contributed by atoms with E-state index in [9.17, 15) is 19.5 Å². The average Bonchev–Trinajstić information content (AvgIpc) is 3.21. The number of likely N-dealkylation sites (tertiary alicyclic amines) is 1. The van der Waals surface area contributed by atoms with Gasteiger partial charge in [0.05, 0.1) is 41.5 Å². The van der Waals surface area contributed by atoms with Crippen LogP contribution in [-0.2, 0) is 25.5 Å². The summed E-state index contributed by atoms with van der Waals surface area (Å²) in [5.41, 5.74) is 2.30. The van der Waals surface area contributed by atoms with Gasteiger partial charge >= 0.3 is 11.9 Å². The highest BCUT2D eigenvalue weighted by Crippen LogP contribution is 2.44. The lowest BCUT2D eigenvalue weighted by molar-refractivity contribution is -0.163. The third kappa shape index (κ3) is 9.58. The molecule has 12 heteroatoms. The van der Waals surface area contributed by atoms with Crippen molar-refractivity contribution in [3.8, 4) is 34.5 Å². The number of carboxylic acid groups (broad SMARTS) is 1. The third-order valence-electron chi connectivity index (χ3n) is 10.1. The zero-order valence-electron chi connectivity index (χ0n) is 31.7. The fourth-order valence-electron chi connectivity index (χ4n) is 7.39. The predicted molar refractivity (Wildman–Crippen MR) is 201 cm³/mol. The van der Waals surface area contributed by atoms with Crippen LogP contribution in [0.2, 0.25) is 0 Å². The minimum atomic E-state index is -1.10. The lowest BCUT2D eigenvalue weighted by Gasteiger charge is -2.39. The second-order valence-electron chi connectivity index (χ2n) is 13.4. The molecule has 290 valence electrons. The quantitative estimate of drug-likeness (QED) is 0.114. The van der Waals surface area contributed by atoms with Gasteiger partial charge in [-0.2, -0.15) is 0 Å². The van der Waals surface area contributed by atoms with Gasteiger partial charge in [0.1, 0.15) is 17.9 Å². The SMILES string of the molecule is COc1ccc(CCC(OC(=O)[C@@H]2CCCCN2C(=O)C(c2cc(OC)c(OC)c(OC)c2)[C@@H]2C=CCCC2)c2cccc(OCC(=O)O)c2)cc1OC. The van der Waals surface area contributed by atoms with Crippen molar-refractivity contribution in [1.29, 1.82) is 0 Å². The number of aryl methyl sites for hydroxylation is 1. The number of allylic oxidation sites excluding steroid dienone is 2. The van der Waals surface area contributed by atoms with Crippen molar-refractivity contribution in [2.45, 2.75) is 69.4 Å². The molecule has 1 fully saturated rings. The summed E-state index contributed by atoms with van der Waals surface area (Å²) in [5.74, 6) is 0.387. The number of nitrogens with zero attached hydrogens (tertiary/aromatic N) is 1. The zero-order chi connectivity index (χ0) is 38.6. The Bertz CT molecular complexity index is 1760. The van der Waals surface area contributed by atoms with Crippen LogP contribution in [0.4, 0.5) is 0 Å². The lowest BCUT2D eigenvalue weighted by atomic mass is 9.78. The van der Waals surface area contributed by atoms with Crippen LogP contribution < -0.4 is 28.4 Å². The maximum Gasteiger partial charge on any atom is 0.341 e. The summed E-state index contributed by atoms with van der Waals surface area (Å²) in [5, 5.41) is 9.18. The van der Waals surface area contributed by atoms with E-state index >= 15 is 0 Å². The normalized spacial score (nSPS) is 17.8. The number of hydrogen-bond donors (Lipinski definition) is 1. The van der Waals surface area contributed by atoms with Gasteiger partial charge in [0.2, 0.25) is 11.7 Å². The van der Waals surface area contributed by atoms with Gasteiger partial charge in [-0.25, -0.2) is 9.59 Å². The fraction of sp³-hybridized carbons (Fsp3) is 0.452. The molecule has 0 saturated carbocycles. The molecule has 2 unspecified atom stereocenters. The molecule has 0 spiro atoms. The van der Waals surface area contributed by atoms with Crippen LogP contribution in [0.25, 0.3) is 0 Å². The Balaban J connectivity index is 1.46. The van der Waals surface area contributed by atoms with E-state index in [2.05, 4.69) is 12.2 Å². The minimum absolute atomic E-state index is 0.101. The molecule has 2 aliphatic rings. The molecule has 1 aliphatic heterocycles. The van der Waals surface area contributed by atoms with Gasteiger partial charge in [-0.15, -0.1) is 0 Å². The van der Waals surface area contributed by atoms with Gasteiger partial charge in [-0.3, -0.25) is 4.79 Å². The monoisotopic (exact) mass is 745 g/mol. The molecule has 3 aromatic carbocycles. The van der Waals surface area contributed by atoms with Gasteiger partial charge in [0.25, 0.3) is 0 Å². The number of carboxylic acids is 1. The number of rotatable bonds is 17. The van der Waals surface area contributed by atoms with Gasteiger partial charge in [-0.05, 0) is 110 Å². The summed E-state index contributed by atoms with van der Waals surface area (Å²) in [7, 11) is 7.78. The van der Waals surface area contributed by atoms with Crippen molar-refractivity contribution >= 4 is 17.8 Å². The first-order valence-corrected chi connectivity index (χ1v) is 18.3. The van der Waals surface area contributed by atoms with Crippen LogP contribution in [0, 0.1) is 5.92 Å². The van der Waals surface area contributed by atoms with Crippen LogP contribution in [0.1, 0.15) is 73.7 Å². The maximum absolute atomic E-state index is 14.9. The standard InChI is InChI=1S/C42H51NO11/c1-48-34-20-18-27(22-35(34)49-2)17-19-33(29-14-11-15-31(23-29)53-26-38(44)45)54-42(47)32-16-9-10-21-43(32)41(46)39(28-12-7-6-8-13-28)30-24-36(50-3)40(52-5)37(25-30)51-4/h7,11-12,14-15,18,20,22-25,28,32-33,39H,6,8-10,13,16-17,19,21,26H2,1-5H3,(H,44,45)/t28-,32+,33?,39?/m1/s1. The zero-order valence-corrected chi connectivity index (χ0v) is 31.7. The van der Waals surface area contributed by atoms with Crippen LogP contribution in [0.3, 0.4) is 0 Å². The van der Waals surface area contributed by atoms with E-state index in [0.29, 0.717) is 65.9 Å². The second kappa shape index (κ2) is 19.1. The Labute approximate surface area is 316 Å². The molecule has 0 bridgehead atoms. The van der Waals surface area contributed by atoms with E-state index in [-0.39, 0.29) is 11.8 Å². The van der Waals surface area contributed by atoms with E-state index in [1.165, 1.54) is 7.11 Å². The lowest BCUT2D eigenvalue weighted by Crippen LogP contribution is -2.51. The number of carbonyl (C=O) groups is 3. The molecule has 4 atom stereocenters. The number of methoxy groups -OCH3 is 5. The van der Waals surface area contributed by atoms with Crippen molar-refractivity contribution in [2.24, 2.45) is 5.92 Å². The van der Waals surface area contributed by atoms with E-state index < -0.39 is 36.6 Å². The summed E-state index contributed by atoms with van der Waals surface area (Å²) in [4.78, 5) is 42.2. The molecule has 1 heterocycles. The Morgan fingerprint density at radius 1 is 0.796 bits per heavy atom. The second-order valence-corrected chi connectivity index (χ2v) is 13.4. The smallest absolute Gasteiger partial charge is 0.341 e. The molecule has 3 aromatic rings. The van der Waals surface area contributed by atoms with E-state index in [0.717, 1.165) is 43.2 Å². The molecule has 5 rings (SSSR count). The van der Waals surface area contributed by atoms with E-state index in [1.54, 1.807) is 51.5 Å². The van der Waals surface area contributed by atoms with Gasteiger partial charge in [-0.1, -0.05) is 30.4 Å². The molecule has 12 nitrogen and oxygen atoms in total. The Hall–Kier alpha value is -5.39. The summed E-state index contributed by atoms with van der Waals surface area (Å²) >= 11 is 0. The van der Waals surface area contributed by atoms with Crippen LogP contribution >= 0.6 is 0 Å². The number of esters is 1. The highest BCUT2D eigenvalue weighted by molar-refractivity contribution is 5.90. The highest BCUT2D eigenvalue weighted by atomic mass is 16.5. The number of amides is 1. The first-order chi connectivity index (χ1) is 26.2. The number of ether oxygens (including phenoxy) is 7. The Morgan fingerprint density at radius 2 is 1.54 bits per heavy atom. The molecule has 1 N–H and O–H groups in total. The highest BCUT2D eigenvalue weighted by Gasteiger charge is 2.41. The minimum Gasteiger partial charge on any atom is -0.493 e.